The largest absolute Gasteiger partial charge is 0.352 e. The Morgan fingerprint density at radius 1 is 0.921 bits per heavy atom. The van der Waals surface area contributed by atoms with Crippen molar-refractivity contribution in [3.8, 4) is 0 Å². The van der Waals surface area contributed by atoms with Gasteiger partial charge in [0.2, 0.25) is 11.8 Å². The lowest BCUT2D eigenvalue weighted by atomic mass is 10.1. The molecule has 0 unspecified atom stereocenters. The van der Waals surface area contributed by atoms with E-state index in [-0.39, 0.29) is 23.4 Å². The molecule has 3 aromatic carbocycles. The number of benzene rings is 3. The molecular weight excluding hydrogens is 522 g/mol. The van der Waals surface area contributed by atoms with Crippen molar-refractivity contribution in [2.75, 3.05) is 10.8 Å². The maximum absolute atomic E-state index is 13.8. The molecule has 3 aromatic rings. The second-order valence-corrected chi connectivity index (χ2v) is 11.6. The standard InChI is InChI=1S/C29H34ClN3O4S/c1-5-22(3)31-29(35)23(4)32(19-24-13-15-25(30)16-14-24)28(34)20-33(26-9-7-6-8-10-26)38(36,37)27-17-11-21(2)12-18-27/h6-18,22-23H,5,19-20H2,1-4H3,(H,31,35)/t22-,23-/m1/s1. The first kappa shape index (κ1) is 29.2. The molecule has 9 heteroatoms. The van der Waals surface area contributed by atoms with E-state index in [0.29, 0.717) is 10.7 Å². The molecule has 0 bridgehead atoms. The summed E-state index contributed by atoms with van der Waals surface area (Å²) in [5.74, 6) is -0.819. The van der Waals surface area contributed by atoms with Gasteiger partial charge in [-0.3, -0.25) is 13.9 Å². The molecule has 0 saturated carbocycles. The van der Waals surface area contributed by atoms with Crippen LogP contribution < -0.4 is 9.62 Å². The number of hydrogen-bond donors (Lipinski definition) is 1. The quantitative estimate of drug-likeness (QED) is 0.353. The fraction of sp³-hybridized carbons (Fsp3) is 0.310. The van der Waals surface area contributed by atoms with E-state index in [9.17, 15) is 18.0 Å². The van der Waals surface area contributed by atoms with Gasteiger partial charge in [0.25, 0.3) is 10.0 Å². The van der Waals surface area contributed by atoms with E-state index in [1.807, 2.05) is 20.8 Å². The van der Waals surface area contributed by atoms with E-state index in [2.05, 4.69) is 5.32 Å². The fourth-order valence-electron chi connectivity index (χ4n) is 3.80. The van der Waals surface area contributed by atoms with E-state index < -0.39 is 28.5 Å². The van der Waals surface area contributed by atoms with E-state index in [1.165, 1.54) is 17.0 Å². The van der Waals surface area contributed by atoms with Crippen LogP contribution in [0, 0.1) is 6.92 Å². The van der Waals surface area contributed by atoms with Gasteiger partial charge >= 0.3 is 0 Å². The number of nitrogens with one attached hydrogen (secondary N) is 1. The Bertz CT molecular complexity index is 1330. The van der Waals surface area contributed by atoms with Gasteiger partial charge in [-0.05, 0) is 69.2 Å². The molecule has 0 aliphatic carbocycles. The summed E-state index contributed by atoms with van der Waals surface area (Å²) >= 11 is 6.03. The first-order valence-electron chi connectivity index (χ1n) is 12.5. The topological polar surface area (TPSA) is 86.8 Å². The monoisotopic (exact) mass is 555 g/mol. The average Bonchev–Trinajstić information content (AvgIpc) is 2.91. The number of aryl methyl sites for hydroxylation is 1. The molecule has 0 spiro atoms. The Morgan fingerprint density at radius 2 is 1.53 bits per heavy atom. The number of halogens is 1. The normalized spacial score (nSPS) is 12.9. The summed E-state index contributed by atoms with van der Waals surface area (Å²) in [5, 5.41) is 3.47. The van der Waals surface area contributed by atoms with E-state index in [0.717, 1.165) is 21.9 Å². The number of hydrogen-bond acceptors (Lipinski definition) is 4. The third-order valence-corrected chi connectivity index (χ3v) is 8.41. The molecule has 1 N–H and O–H groups in total. The van der Waals surface area contributed by atoms with Crippen molar-refractivity contribution < 1.29 is 18.0 Å². The molecule has 0 heterocycles. The molecule has 2 amide bonds. The molecule has 0 fully saturated rings. The first-order chi connectivity index (χ1) is 18.0. The second kappa shape index (κ2) is 12.9. The number of carbonyl (C=O) groups is 2. The zero-order valence-electron chi connectivity index (χ0n) is 22.1. The number of rotatable bonds is 11. The van der Waals surface area contributed by atoms with Crippen LogP contribution >= 0.6 is 11.6 Å². The van der Waals surface area contributed by atoms with Crippen molar-refractivity contribution in [1.82, 2.24) is 10.2 Å². The summed E-state index contributed by atoms with van der Waals surface area (Å²) in [6.45, 7) is 7.00. The van der Waals surface area contributed by atoms with Gasteiger partial charge in [0, 0.05) is 17.6 Å². The Morgan fingerprint density at radius 3 is 2.11 bits per heavy atom. The lowest BCUT2D eigenvalue weighted by Crippen LogP contribution is -2.52. The Labute approximate surface area is 230 Å². The fourth-order valence-corrected chi connectivity index (χ4v) is 5.34. The molecular formula is C29H34ClN3O4S. The molecule has 0 aliphatic heterocycles. The molecule has 38 heavy (non-hydrogen) atoms. The van der Waals surface area contributed by atoms with Crippen LogP contribution in [0.1, 0.15) is 38.3 Å². The van der Waals surface area contributed by atoms with Crippen LogP contribution in [-0.4, -0.2) is 43.8 Å². The minimum atomic E-state index is -4.08. The third-order valence-electron chi connectivity index (χ3n) is 6.37. The van der Waals surface area contributed by atoms with Gasteiger partial charge in [0.1, 0.15) is 12.6 Å². The maximum atomic E-state index is 13.8. The Kier molecular flexibility index (Phi) is 9.94. The van der Waals surface area contributed by atoms with Crippen molar-refractivity contribution in [2.24, 2.45) is 0 Å². The predicted molar refractivity (Wildman–Crippen MR) is 152 cm³/mol. The van der Waals surface area contributed by atoms with Crippen LogP contribution in [0.5, 0.6) is 0 Å². The lowest BCUT2D eigenvalue weighted by Gasteiger charge is -2.32. The summed E-state index contributed by atoms with van der Waals surface area (Å²) in [7, 11) is -4.08. The molecule has 2 atom stereocenters. The van der Waals surface area contributed by atoms with Crippen LogP contribution in [0.25, 0.3) is 0 Å². The van der Waals surface area contributed by atoms with E-state index in [1.54, 1.807) is 73.7 Å². The number of amides is 2. The van der Waals surface area contributed by atoms with Crippen molar-refractivity contribution in [1.29, 1.82) is 0 Å². The van der Waals surface area contributed by atoms with Crippen LogP contribution in [-0.2, 0) is 26.2 Å². The number of sulfonamides is 1. The molecule has 3 rings (SSSR count). The van der Waals surface area contributed by atoms with E-state index >= 15 is 0 Å². The highest BCUT2D eigenvalue weighted by atomic mass is 35.5. The highest BCUT2D eigenvalue weighted by Gasteiger charge is 2.32. The van der Waals surface area contributed by atoms with Crippen molar-refractivity contribution in [3.63, 3.8) is 0 Å². The zero-order valence-corrected chi connectivity index (χ0v) is 23.7. The predicted octanol–water partition coefficient (Wildman–Crippen LogP) is 5.18. The maximum Gasteiger partial charge on any atom is 0.264 e. The van der Waals surface area contributed by atoms with Gasteiger partial charge < -0.3 is 10.2 Å². The zero-order chi connectivity index (χ0) is 27.9. The van der Waals surface area contributed by atoms with Crippen molar-refractivity contribution >= 4 is 39.1 Å². The van der Waals surface area contributed by atoms with Crippen molar-refractivity contribution in [3.05, 3.63) is 95.0 Å². The van der Waals surface area contributed by atoms with Crippen molar-refractivity contribution in [2.45, 2.75) is 57.6 Å². The average molecular weight is 556 g/mol. The van der Waals surface area contributed by atoms with E-state index in [4.69, 9.17) is 11.6 Å². The summed E-state index contributed by atoms with van der Waals surface area (Å²) in [6.07, 6.45) is 0.736. The molecule has 202 valence electrons. The molecule has 7 nitrogen and oxygen atoms in total. The summed E-state index contributed by atoms with van der Waals surface area (Å²) in [6, 6.07) is 21.0. The number of carbonyl (C=O) groups excluding carboxylic acids is 2. The van der Waals surface area contributed by atoms with Gasteiger partial charge in [-0.1, -0.05) is 66.6 Å². The highest BCUT2D eigenvalue weighted by Crippen LogP contribution is 2.25. The SMILES string of the molecule is CC[C@@H](C)NC(=O)[C@@H](C)N(Cc1ccc(Cl)cc1)C(=O)CN(c1ccccc1)S(=O)(=O)c1ccc(C)cc1. The van der Waals surface area contributed by atoms with Crippen LogP contribution in [0.3, 0.4) is 0 Å². The Balaban J connectivity index is 1.99. The smallest absolute Gasteiger partial charge is 0.264 e. The minimum Gasteiger partial charge on any atom is -0.352 e. The summed E-state index contributed by atoms with van der Waals surface area (Å²) < 4.78 is 28.6. The Hall–Kier alpha value is -3.36. The number of anilines is 1. The van der Waals surface area contributed by atoms with Gasteiger partial charge in [-0.25, -0.2) is 8.42 Å². The number of para-hydroxylation sites is 1. The molecule has 0 aromatic heterocycles. The molecule has 0 saturated heterocycles. The summed E-state index contributed by atoms with van der Waals surface area (Å²) in [5.41, 5.74) is 2.03. The van der Waals surface area contributed by atoms with Gasteiger partial charge in [0.15, 0.2) is 0 Å². The van der Waals surface area contributed by atoms with Gasteiger partial charge in [-0.2, -0.15) is 0 Å². The second-order valence-electron chi connectivity index (χ2n) is 9.30. The molecule has 0 aliphatic rings. The molecule has 0 radical (unpaired) electrons. The van der Waals surface area contributed by atoms with Gasteiger partial charge in [-0.15, -0.1) is 0 Å². The van der Waals surface area contributed by atoms with Crippen LogP contribution in [0.2, 0.25) is 5.02 Å². The number of nitrogens with zero attached hydrogens (tertiary/aromatic N) is 2. The van der Waals surface area contributed by atoms with Crippen LogP contribution in [0.4, 0.5) is 5.69 Å². The lowest BCUT2D eigenvalue weighted by molar-refractivity contribution is -0.139. The highest BCUT2D eigenvalue weighted by molar-refractivity contribution is 7.92. The summed E-state index contributed by atoms with van der Waals surface area (Å²) in [4.78, 5) is 28.4. The van der Waals surface area contributed by atoms with Crippen LogP contribution in [0.15, 0.2) is 83.8 Å². The third kappa shape index (κ3) is 7.36. The minimum absolute atomic E-state index is 0.0693. The first-order valence-corrected chi connectivity index (χ1v) is 14.3. The van der Waals surface area contributed by atoms with Gasteiger partial charge in [0.05, 0.1) is 10.6 Å².